The van der Waals surface area contributed by atoms with Crippen LogP contribution in [0.2, 0.25) is 0 Å². The number of rotatable bonds is 12. The van der Waals surface area contributed by atoms with Crippen LogP contribution in [-0.4, -0.2) is 92.1 Å². The van der Waals surface area contributed by atoms with Crippen LogP contribution in [0.15, 0.2) is 40.2 Å². The zero-order chi connectivity index (χ0) is 44.6. The van der Waals surface area contributed by atoms with E-state index in [0.717, 1.165) is 11.1 Å². The number of aliphatic imine (C=N–C) groups is 1. The van der Waals surface area contributed by atoms with Crippen LogP contribution in [-0.2, 0) is 35.4 Å². The van der Waals surface area contributed by atoms with E-state index in [9.17, 15) is 32.7 Å². The highest BCUT2D eigenvalue weighted by molar-refractivity contribution is 7.89. The molecule has 1 saturated heterocycles. The molecule has 1 heterocycles. The van der Waals surface area contributed by atoms with Gasteiger partial charge < -0.3 is 34.9 Å². The monoisotopic (exact) mass is 844 g/mol. The zero-order valence-electron chi connectivity index (χ0n) is 36.7. The van der Waals surface area contributed by atoms with Crippen LogP contribution in [0.4, 0.5) is 20.1 Å². The molecule has 1 fully saturated rings. The van der Waals surface area contributed by atoms with Gasteiger partial charge in [-0.25, -0.2) is 22.8 Å². The van der Waals surface area contributed by atoms with E-state index in [1.165, 1.54) is 6.07 Å². The number of piperazine rings is 1. The second-order valence-electron chi connectivity index (χ2n) is 17.5. The minimum Gasteiger partial charge on any atom is -0.480 e. The molecular formula is C42H64N6O10S. The summed E-state index contributed by atoms with van der Waals surface area (Å²) in [5.41, 5.74) is 1.59. The van der Waals surface area contributed by atoms with Gasteiger partial charge in [0.25, 0.3) is 0 Å². The number of benzene rings is 2. The van der Waals surface area contributed by atoms with E-state index >= 15 is 0 Å². The lowest BCUT2D eigenvalue weighted by atomic mass is 9.83. The van der Waals surface area contributed by atoms with Gasteiger partial charge >= 0.3 is 24.2 Å². The number of nitrogens with zero attached hydrogens (tertiary/aromatic N) is 2. The smallest absolute Gasteiger partial charge is 0.437 e. The largest absolute Gasteiger partial charge is 0.480 e. The van der Waals surface area contributed by atoms with Crippen LogP contribution in [0, 0.1) is 0 Å². The van der Waals surface area contributed by atoms with E-state index in [0.29, 0.717) is 42.9 Å². The van der Waals surface area contributed by atoms with Crippen molar-refractivity contribution in [3.05, 3.63) is 58.1 Å². The second-order valence-corrected chi connectivity index (χ2v) is 19.2. The van der Waals surface area contributed by atoms with Crippen molar-refractivity contribution in [3.8, 4) is 0 Å². The first-order valence-corrected chi connectivity index (χ1v) is 21.5. The van der Waals surface area contributed by atoms with Crippen molar-refractivity contribution in [1.29, 1.82) is 0 Å². The molecule has 1 aliphatic heterocycles. The van der Waals surface area contributed by atoms with Gasteiger partial charge in [0.15, 0.2) is 0 Å². The van der Waals surface area contributed by atoms with Crippen molar-refractivity contribution in [2.75, 3.05) is 31.5 Å². The highest BCUT2D eigenvalue weighted by atomic mass is 32.2. The average molecular weight is 845 g/mol. The SMILES string of the molecule is CC(C)c1ccc(S(=O)(=O)N[C@@H](Cc2ccc(C(C)OC(=O)N3CCNCC3)c(NC(=NC(=O)OC(C)(C)C)NC(=O)OC(C)(C)C)c2)C(=O)O)c(C(C)C)c1C(C)C. The minimum absolute atomic E-state index is 0.00624. The molecule has 2 aromatic rings. The number of alkyl carbamates (subject to hydrolysis) is 1. The molecule has 59 heavy (non-hydrogen) atoms. The Morgan fingerprint density at radius 2 is 1.41 bits per heavy atom. The van der Waals surface area contributed by atoms with Crippen LogP contribution in [0.3, 0.4) is 0 Å². The van der Waals surface area contributed by atoms with Gasteiger partial charge in [0.2, 0.25) is 16.0 Å². The van der Waals surface area contributed by atoms with E-state index in [1.807, 2.05) is 41.5 Å². The van der Waals surface area contributed by atoms with Crippen molar-refractivity contribution in [3.63, 3.8) is 0 Å². The Kier molecular flexibility index (Phi) is 16.5. The lowest BCUT2D eigenvalue weighted by Gasteiger charge is -2.28. The van der Waals surface area contributed by atoms with Gasteiger partial charge in [0.1, 0.15) is 23.3 Å². The molecule has 2 atom stereocenters. The summed E-state index contributed by atoms with van der Waals surface area (Å²) in [7, 11) is -4.38. The molecule has 2 aromatic carbocycles. The first-order chi connectivity index (χ1) is 27.2. The summed E-state index contributed by atoms with van der Waals surface area (Å²) in [6.07, 6.45) is -3.80. The standard InChI is InChI=1S/C42H64N6O10S/c1-24(2)29-16-17-33(35(26(5)6)34(29)25(3)4)59(54,55)47-32(36(49)50)23-28-14-15-30(27(7)56-40(53)48-20-18-43-19-21-48)31(22-28)44-37(45-38(51)57-41(8,9)10)46-39(52)58-42(11,12)13/h14-17,22,24-27,32,43,47H,18-21,23H2,1-13H3,(H,49,50)(H2,44,45,46,51,52)/t27?,32-/m0/s1. The molecular weight excluding hydrogens is 781 g/mol. The van der Waals surface area contributed by atoms with E-state index in [1.54, 1.807) is 77.6 Å². The van der Waals surface area contributed by atoms with Gasteiger partial charge in [-0.05, 0) is 107 Å². The molecule has 1 unspecified atom stereocenters. The number of nitrogens with one attached hydrogen (secondary N) is 4. The first kappa shape index (κ1) is 48.6. The van der Waals surface area contributed by atoms with Crippen molar-refractivity contribution in [2.45, 2.75) is 142 Å². The van der Waals surface area contributed by atoms with Crippen LogP contribution in [0.1, 0.15) is 142 Å². The Morgan fingerprint density at radius 3 is 1.93 bits per heavy atom. The fourth-order valence-corrected chi connectivity index (χ4v) is 8.17. The molecule has 0 aliphatic carbocycles. The van der Waals surface area contributed by atoms with Gasteiger partial charge in [0.05, 0.1) is 4.90 Å². The van der Waals surface area contributed by atoms with Gasteiger partial charge in [-0.1, -0.05) is 59.7 Å². The molecule has 328 valence electrons. The molecule has 16 nitrogen and oxygen atoms in total. The summed E-state index contributed by atoms with van der Waals surface area (Å²) in [5.74, 6) is -1.87. The summed E-state index contributed by atoms with van der Waals surface area (Å²) in [6.45, 7) is 25.5. The fourth-order valence-electron chi connectivity index (χ4n) is 6.60. The number of aliphatic carboxylic acids is 1. The summed E-state index contributed by atoms with van der Waals surface area (Å²) in [4.78, 5) is 57.3. The number of carbonyl (C=O) groups is 4. The number of carbonyl (C=O) groups excluding carboxylic acids is 3. The fraction of sp³-hybridized carbons (Fsp3) is 0.595. The zero-order valence-corrected chi connectivity index (χ0v) is 37.5. The Bertz CT molecular complexity index is 1980. The number of hydrogen-bond acceptors (Lipinski definition) is 10. The predicted octanol–water partition coefficient (Wildman–Crippen LogP) is 7.36. The number of ether oxygens (including phenoxy) is 3. The van der Waals surface area contributed by atoms with Crippen LogP contribution >= 0.6 is 0 Å². The normalized spacial score (nSPS) is 15.2. The van der Waals surface area contributed by atoms with Crippen molar-refractivity contribution >= 4 is 45.9 Å². The lowest BCUT2D eigenvalue weighted by molar-refractivity contribution is -0.138. The number of carboxylic acid groups (broad SMARTS) is 1. The van der Waals surface area contributed by atoms with E-state index in [-0.39, 0.29) is 34.8 Å². The van der Waals surface area contributed by atoms with Crippen molar-refractivity contribution in [2.24, 2.45) is 4.99 Å². The molecule has 0 spiro atoms. The van der Waals surface area contributed by atoms with E-state index in [2.05, 4.69) is 25.7 Å². The summed E-state index contributed by atoms with van der Waals surface area (Å²) in [5, 5.41) is 18.9. The van der Waals surface area contributed by atoms with Gasteiger partial charge in [-0.3, -0.25) is 10.1 Å². The number of amides is 3. The van der Waals surface area contributed by atoms with Crippen LogP contribution in [0.25, 0.3) is 0 Å². The number of anilines is 1. The molecule has 0 bridgehead atoms. The maximum Gasteiger partial charge on any atom is 0.437 e. The summed E-state index contributed by atoms with van der Waals surface area (Å²) >= 11 is 0. The molecule has 5 N–H and O–H groups in total. The molecule has 17 heteroatoms. The third kappa shape index (κ3) is 14.5. The van der Waals surface area contributed by atoms with Crippen LogP contribution < -0.4 is 20.7 Å². The maximum atomic E-state index is 14.2. The van der Waals surface area contributed by atoms with E-state index in [4.69, 9.17) is 14.2 Å². The molecule has 3 amide bonds. The van der Waals surface area contributed by atoms with Crippen molar-refractivity contribution < 1.29 is 46.9 Å². The number of hydrogen-bond donors (Lipinski definition) is 5. The van der Waals surface area contributed by atoms with Gasteiger partial charge in [0, 0.05) is 37.4 Å². The molecule has 3 rings (SSSR count). The quantitative estimate of drug-likeness (QED) is 0.0805. The Hall–Kier alpha value is -4.74. The Balaban J connectivity index is 2.12. The lowest BCUT2D eigenvalue weighted by Crippen LogP contribution is -2.46. The first-order valence-electron chi connectivity index (χ1n) is 20.0. The Morgan fingerprint density at radius 1 is 0.831 bits per heavy atom. The number of carboxylic acids is 1. The molecule has 0 radical (unpaired) electrons. The third-order valence-corrected chi connectivity index (χ3v) is 10.6. The minimum atomic E-state index is -4.38. The van der Waals surface area contributed by atoms with Crippen LogP contribution in [0.5, 0.6) is 0 Å². The summed E-state index contributed by atoms with van der Waals surface area (Å²) in [6, 6.07) is 6.38. The molecule has 0 saturated carbocycles. The molecule has 1 aliphatic rings. The maximum absolute atomic E-state index is 14.2. The number of sulfonamides is 1. The average Bonchev–Trinajstić information content (AvgIpc) is 3.09. The highest BCUT2D eigenvalue weighted by Gasteiger charge is 2.32. The third-order valence-electron chi connectivity index (χ3n) is 9.06. The second kappa shape index (κ2) is 20.0. The molecule has 0 aromatic heterocycles. The highest BCUT2D eigenvalue weighted by Crippen LogP contribution is 2.37. The van der Waals surface area contributed by atoms with Gasteiger partial charge in [-0.15, -0.1) is 4.99 Å². The predicted molar refractivity (Wildman–Crippen MR) is 227 cm³/mol. The topological polar surface area (TPSA) is 214 Å². The number of guanidine groups is 1. The Labute approximate surface area is 349 Å². The summed E-state index contributed by atoms with van der Waals surface area (Å²) < 4.78 is 47.3. The van der Waals surface area contributed by atoms with Gasteiger partial charge in [-0.2, -0.15) is 4.72 Å². The van der Waals surface area contributed by atoms with Crippen molar-refractivity contribution in [1.82, 2.24) is 20.3 Å². The van der Waals surface area contributed by atoms with E-state index < -0.39 is 63.6 Å².